The molecule has 2 N–H and O–H groups in total. The van der Waals surface area contributed by atoms with Gasteiger partial charge >= 0.3 is 0 Å². The molecule has 1 saturated carbocycles. The first-order valence-electron chi connectivity index (χ1n) is 10.0. The number of benzene rings is 1. The molecular weight excluding hydrogens is 338 g/mol. The maximum atomic E-state index is 11.5. The van der Waals surface area contributed by atoms with Gasteiger partial charge in [-0.15, -0.1) is 0 Å². The molecule has 146 valence electrons. The van der Waals surface area contributed by atoms with E-state index in [-0.39, 0.29) is 18.1 Å². The molecule has 1 aromatic carbocycles. The van der Waals surface area contributed by atoms with Crippen LogP contribution in [0.5, 0.6) is 0 Å². The number of nitrogens with one attached hydrogen (secondary N) is 2. The molecule has 2 heterocycles. The van der Waals surface area contributed by atoms with Gasteiger partial charge in [0.2, 0.25) is 5.91 Å². The number of rotatable bonds is 4. The molecule has 27 heavy (non-hydrogen) atoms. The zero-order valence-corrected chi connectivity index (χ0v) is 16.8. The summed E-state index contributed by atoms with van der Waals surface area (Å²) in [5.41, 5.74) is 5.23. The number of ether oxygens (including phenoxy) is 1. The van der Waals surface area contributed by atoms with Crippen molar-refractivity contribution in [2.24, 2.45) is 11.8 Å². The summed E-state index contributed by atoms with van der Waals surface area (Å²) in [6.07, 6.45) is 2.19. The molecule has 1 aliphatic heterocycles. The van der Waals surface area contributed by atoms with Gasteiger partial charge in [0.1, 0.15) is 0 Å². The number of carbonyl (C=O) groups excluding carboxylic acids is 1. The SMILES string of the molecule is CO[C@@H]1C[C@H]2CN(Cc3[nH]c4ccc(C)cc4c3C)C[C@H]2C[C@H]1NC(C)=O. The number of carbonyl (C=O) groups is 1. The Labute approximate surface area is 161 Å². The molecule has 5 heteroatoms. The number of amides is 1. The Hall–Kier alpha value is -1.85. The molecule has 2 fully saturated rings. The summed E-state index contributed by atoms with van der Waals surface area (Å²) in [6.45, 7) is 9.16. The highest BCUT2D eigenvalue weighted by Crippen LogP contribution is 2.38. The van der Waals surface area contributed by atoms with Crippen LogP contribution >= 0.6 is 0 Å². The fraction of sp³-hybridized carbons (Fsp3) is 0.591. The van der Waals surface area contributed by atoms with E-state index in [1.54, 1.807) is 14.0 Å². The van der Waals surface area contributed by atoms with Gasteiger partial charge in [-0.2, -0.15) is 0 Å². The minimum Gasteiger partial charge on any atom is -0.379 e. The number of methoxy groups -OCH3 is 1. The molecule has 0 spiro atoms. The lowest BCUT2D eigenvalue weighted by atomic mass is 9.77. The predicted molar refractivity (Wildman–Crippen MR) is 108 cm³/mol. The number of hydrogen-bond acceptors (Lipinski definition) is 3. The van der Waals surface area contributed by atoms with Crippen molar-refractivity contribution < 1.29 is 9.53 Å². The molecule has 0 radical (unpaired) electrons. The van der Waals surface area contributed by atoms with Gasteiger partial charge in [0.05, 0.1) is 12.1 Å². The number of aromatic amines is 1. The summed E-state index contributed by atoms with van der Waals surface area (Å²) in [4.78, 5) is 17.7. The van der Waals surface area contributed by atoms with Crippen molar-refractivity contribution in [2.45, 2.75) is 52.3 Å². The van der Waals surface area contributed by atoms with Crippen molar-refractivity contribution in [3.05, 3.63) is 35.0 Å². The van der Waals surface area contributed by atoms with Crippen LogP contribution in [0.25, 0.3) is 10.9 Å². The maximum Gasteiger partial charge on any atom is 0.217 e. The number of likely N-dealkylation sites (tertiary alicyclic amines) is 1. The van der Waals surface area contributed by atoms with E-state index < -0.39 is 0 Å². The molecule has 0 unspecified atom stereocenters. The van der Waals surface area contributed by atoms with E-state index in [1.165, 1.54) is 27.7 Å². The third-order valence-electron chi connectivity index (χ3n) is 6.58. The van der Waals surface area contributed by atoms with Gasteiger partial charge < -0.3 is 15.0 Å². The first-order valence-corrected chi connectivity index (χ1v) is 10.0. The Morgan fingerprint density at radius 3 is 2.70 bits per heavy atom. The van der Waals surface area contributed by atoms with Crippen LogP contribution in [-0.2, 0) is 16.1 Å². The minimum atomic E-state index is 0.0411. The van der Waals surface area contributed by atoms with Crippen LogP contribution in [0.3, 0.4) is 0 Å². The predicted octanol–water partition coefficient (Wildman–Crippen LogP) is 3.15. The number of nitrogens with zero attached hydrogens (tertiary/aromatic N) is 1. The topological polar surface area (TPSA) is 57.4 Å². The fourth-order valence-electron chi connectivity index (χ4n) is 5.19. The van der Waals surface area contributed by atoms with E-state index in [0.717, 1.165) is 32.5 Å². The number of fused-ring (bicyclic) bond motifs is 2. The average Bonchev–Trinajstić information content (AvgIpc) is 3.14. The lowest BCUT2D eigenvalue weighted by molar-refractivity contribution is -0.121. The monoisotopic (exact) mass is 369 g/mol. The Kier molecular flexibility index (Phi) is 4.99. The van der Waals surface area contributed by atoms with E-state index in [9.17, 15) is 4.79 Å². The second-order valence-electron chi connectivity index (χ2n) is 8.54. The normalized spacial score (nSPS) is 28.4. The Morgan fingerprint density at radius 2 is 2.00 bits per heavy atom. The Morgan fingerprint density at radius 1 is 1.26 bits per heavy atom. The van der Waals surface area contributed by atoms with Crippen LogP contribution in [-0.4, -0.2) is 48.1 Å². The van der Waals surface area contributed by atoms with E-state index in [4.69, 9.17) is 4.74 Å². The largest absolute Gasteiger partial charge is 0.379 e. The van der Waals surface area contributed by atoms with Crippen molar-refractivity contribution in [1.29, 1.82) is 0 Å². The van der Waals surface area contributed by atoms with E-state index >= 15 is 0 Å². The fourth-order valence-corrected chi connectivity index (χ4v) is 5.19. The zero-order valence-electron chi connectivity index (χ0n) is 16.8. The Bertz CT molecular complexity index is 843. The quantitative estimate of drug-likeness (QED) is 0.870. The van der Waals surface area contributed by atoms with Crippen LogP contribution in [0.1, 0.15) is 36.6 Å². The minimum absolute atomic E-state index is 0.0411. The van der Waals surface area contributed by atoms with Gasteiger partial charge in [0.15, 0.2) is 0 Å². The summed E-state index contributed by atoms with van der Waals surface area (Å²) in [6, 6.07) is 6.77. The standard InChI is InChI=1S/C22H31N3O2/c1-13-5-6-19-18(7-13)14(2)21(24-19)12-25-10-16-8-20(23-15(3)26)22(27-4)9-17(16)11-25/h5-7,16-17,20,22,24H,8-12H2,1-4H3,(H,23,26)/t16-,17+,20-,22-/m1/s1. The summed E-state index contributed by atoms with van der Waals surface area (Å²) in [5.74, 6) is 1.34. The molecular formula is C22H31N3O2. The van der Waals surface area contributed by atoms with Crippen LogP contribution in [0.4, 0.5) is 0 Å². The summed E-state index contributed by atoms with van der Waals surface area (Å²) >= 11 is 0. The summed E-state index contributed by atoms with van der Waals surface area (Å²) < 4.78 is 5.70. The molecule has 4 rings (SSSR count). The van der Waals surface area contributed by atoms with Gasteiger partial charge in [0.25, 0.3) is 0 Å². The van der Waals surface area contributed by atoms with Crippen LogP contribution in [0, 0.1) is 25.7 Å². The third kappa shape index (κ3) is 3.63. The average molecular weight is 370 g/mol. The van der Waals surface area contributed by atoms with Crippen LogP contribution in [0.2, 0.25) is 0 Å². The number of hydrogen-bond donors (Lipinski definition) is 2. The van der Waals surface area contributed by atoms with Crippen molar-refractivity contribution in [3.8, 4) is 0 Å². The number of aromatic nitrogens is 1. The first kappa shape index (κ1) is 18.5. The second kappa shape index (κ2) is 7.28. The molecule has 1 aromatic heterocycles. The van der Waals surface area contributed by atoms with E-state index in [2.05, 4.69) is 47.2 Å². The Balaban J connectivity index is 1.47. The number of H-pyrrole nitrogens is 1. The molecule has 2 aromatic rings. The molecule has 1 saturated heterocycles. The van der Waals surface area contributed by atoms with Crippen molar-refractivity contribution in [1.82, 2.24) is 15.2 Å². The van der Waals surface area contributed by atoms with Gasteiger partial charge in [-0.25, -0.2) is 0 Å². The lowest BCUT2D eigenvalue weighted by Crippen LogP contribution is -2.49. The molecule has 1 amide bonds. The summed E-state index contributed by atoms with van der Waals surface area (Å²) in [7, 11) is 1.77. The summed E-state index contributed by atoms with van der Waals surface area (Å²) in [5, 5.41) is 4.44. The molecule has 2 aliphatic rings. The van der Waals surface area contributed by atoms with Gasteiger partial charge in [-0.3, -0.25) is 9.69 Å². The molecule has 0 bridgehead atoms. The van der Waals surface area contributed by atoms with Crippen molar-refractivity contribution >= 4 is 16.8 Å². The lowest BCUT2D eigenvalue weighted by Gasteiger charge is -2.37. The smallest absolute Gasteiger partial charge is 0.217 e. The van der Waals surface area contributed by atoms with E-state index in [0.29, 0.717) is 11.8 Å². The zero-order chi connectivity index (χ0) is 19.1. The highest BCUT2D eigenvalue weighted by molar-refractivity contribution is 5.85. The van der Waals surface area contributed by atoms with Gasteiger partial charge in [-0.1, -0.05) is 11.6 Å². The molecule has 5 nitrogen and oxygen atoms in total. The van der Waals surface area contributed by atoms with Gasteiger partial charge in [-0.05, 0) is 56.2 Å². The third-order valence-corrected chi connectivity index (χ3v) is 6.58. The second-order valence-corrected chi connectivity index (χ2v) is 8.54. The first-order chi connectivity index (χ1) is 12.9. The van der Waals surface area contributed by atoms with Crippen LogP contribution < -0.4 is 5.32 Å². The highest BCUT2D eigenvalue weighted by Gasteiger charge is 2.42. The van der Waals surface area contributed by atoms with Crippen LogP contribution in [0.15, 0.2) is 18.2 Å². The maximum absolute atomic E-state index is 11.5. The highest BCUT2D eigenvalue weighted by atomic mass is 16.5. The molecule has 1 aliphatic carbocycles. The number of aryl methyl sites for hydroxylation is 2. The molecule has 4 atom stereocenters. The van der Waals surface area contributed by atoms with E-state index in [1.807, 2.05) is 0 Å². The van der Waals surface area contributed by atoms with Gasteiger partial charge in [0, 0.05) is 50.3 Å². The van der Waals surface area contributed by atoms with Crippen molar-refractivity contribution in [3.63, 3.8) is 0 Å². The van der Waals surface area contributed by atoms with Crippen molar-refractivity contribution in [2.75, 3.05) is 20.2 Å².